The predicted octanol–water partition coefficient (Wildman–Crippen LogP) is 2.09. The van der Waals surface area contributed by atoms with Gasteiger partial charge in [-0.1, -0.05) is 12.1 Å². The minimum Gasteiger partial charge on any atom is -0.465 e. The van der Waals surface area contributed by atoms with Gasteiger partial charge in [-0.25, -0.2) is 18.0 Å². The van der Waals surface area contributed by atoms with Crippen LogP contribution in [0.15, 0.2) is 48.5 Å². The standard InChI is InChI=1S/C17H17NO6S/c1-18(25(3,21)22)15-7-5-4-6-14(15)17(20)24-13-10-8-12(9-11-13)16(19)23-2/h4-11H,1-3H3. The summed E-state index contributed by atoms with van der Waals surface area (Å²) in [5.74, 6) is -0.996. The zero-order chi connectivity index (χ0) is 18.6. The van der Waals surface area contributed by atoms with Gasteiger partial charge in [0.1, 0.15) is 5.75 Å². The summed E-state index contributed by atoms with van der Waals surface area (Å²) in [6.07, 6.45) is 1.04. The second-order valence-electron chi connectivity index (χ2n) is 5.15. The first kappa shape index (κ1) is 18.5. The number of sulfonamides is 1. The number of nitrogens with zero attached hydrogens (tertiary/aromatic N) is 1. The molecular formula is C17H17NO6S. The van der Waals surface area contributed by atoms with E-state index in [1.165, 1.54) is 50.6 Å². The van der Waals surface area contributed by atoms with Crippen LogP contribution < -0.4 is 9.04 Å². The van der Waals surface area contributed by atoms with Crippen LogP contribution >= 0.6 is 0 Å². The van der Waals surface area contributed by atoms with Gasteiger partial charge in [0, 0.05) is 7.05 Å². The zero-order valence-corrected chi connectivity index (χ0v) is 14.7. The molecule has 0 atom stereocenters. The number of benzene rings is 2. The summed E-state index contributed by atoms with van der Waals surface area (Å²) in [5, 5.41) is 0. The molecule has 0 spiro atoms. The number of hydrogen-bond acceptors (Lipinski definition) is 6. The van der Waals surface area contributed by atoms with Crippen molar-refractivity contribution in [3.63, 3.8) is 0 Å². The van der Waals surface area contributed by atoms with Crippen molar-refractivity contribution in [2.45, 2.75) is 0 Å². The van der Waals surface area contributed by atoms with Crippen LogP contribution in [0.1, 0.15) is 20.7 Å². The Hall–Kier alpha value is -2.87. The molecule has 0 fully saturated rings. The normalized spacial score (nSPS) is 10.8. The highest BCUT2D eigenvalue weighted by atomic mass is 32.2. The van der Waals surface area contributed by atoms with Crippen molar-refractivity contribution in [3.8, 4) is 5.75 Å². The monoisotopic (exact) mass is 363 g/mol. The molecule has 2 aromatic rings. The molecule has 0 aliphatic rings. The summed E-state index contributed by atoms with van der Waals surface area (Å²) in [6.45, 7) is 0. The van der Waals surface area contributed by atoms with Crippen molar-refractivity contribution in [1.82, 2.24) is 0 Å². The van der Waals surface area contributed by atoms with E-state index in [0.29, 0.717) is 5.56 Å². The van der Waals surface area contributed by atoms with Crippen LogP contribution in [-0.2, 0) is 14.8 Å². The van der Waals surface area contributed by atoms with Gasteiger partial charge in [-0.15, -0.1) is 0 Å². The third-order valence-corrected chi connectivity index (χ3v) is 4.64. The van der Waals surface area contributed by atoms with Crippen molar-refractivity contribution >= 4 is 27.6 Å². The summed E-state index contributed by atoms with van der Waals surface area (Å²) < 4.78 is 34.3. The molecular weight excluding hydrogens is 346 g/mol. The highest BCUT2D eigenvalue weighted by Crippen LogP contribution is 2.23. The predicted molar refractivity (Wildman–Crippen MR) is 92.4 cm³/mol. The summed E-state index contributed by atoms with van der Waals surface area (Å²) >= 11 is 0. The van der Waals surface area contributed by atoms with Crippen LogP contribution in [0.3, 0.4) is 0 Å². The Bertz CT molecular complexity index is 890. The molecule has 7 nitrogen and oxygen atoms in total. The lowest BCUT2D eigenvalue weighted by atomic mass is 10.2. The van der Waals surface area contributed by atoms with Gasteiger partial charge in [0.05, 0.1) is 30.2 Å². The van der Waals surface area contributed by atoms with Gasteiger partial charge < -0.3 is 9.47 Å². The van der Waals surface area contributed by atoms with E-state index in [1.807, 2.05) is 0 Å². The average Bonchev–Trinajstić information content (AvgIpc) is 2.60. The summed E-state index contributed by atoms with van der Waals surface area (Å²) in [7, 11) is -0.906. The number of methoxy groups -OCH3 is 1. The Morgan fingerprint density at radius 3 is 2.12 bits per heavy atom. The molecule has 0 amide bonds. The number of esters is 2. The van der Waals surface area contributed by atoms with Crippen molar-refractivity contribution in [3.05, 3.63) is 59.7 Å². The third-order valence-electron chi connectivity index (χ3n) is 3.45. The van der Waals surface area contributed by atoms with Crippen molar-refractivity contribution < 1.29 is 27.5 Å². The molecule has 0 aliphatic carbocycles. The van der Waals surface area contributed by atoms with Crippen molar-refractivity contribution in [1.29, 1.82) is 0 Å². The zero-order valence-electron chi connectivity index (χ0n) is 13.9. The SMILES string of the molecule is COC(=O)c1ccc(OC(=O)c2ccccc2N(C)S(C)(=O)=O)cc1. The lowest BCUT2D eigenvalue weighted by Crippen LogP contribution is -2.27. The van der Waals surface area contributed by atoms with Crippen LogP contribution in [-0.4, -0.2) is 40.8 Å². The van der Waals surface area contributed by atoms with Crippen LogP contribution in [0.2, 0.25) is 0 Å². The Balaban J connectivity index is 2.26. The van der Waals surface area contributed by atoms with E-state index in [-0.39, 0.29) is 17.0 Å². The summed E-state index contributed by atoms with van der Waals surface area (Å²) in [4.78, 5) is 23.8. The minimum absolute atomic E-state index is 0.104. The van der Waals surface area contributed by atoms with E-state index < -0.39 is 22.0 Å². The van der Waals surface area contributed by atoms with Crippen LogP contribution in [0.4, 0.5) is 5.69 Å². The summed E-state index contributed by atoms with van der Waals surface area (Å²) in [5.41, 5.74) is 0.633. The molecule has 0 aliphatic heterocycles. The van der Waals surface area contributed by atoms with Gasteiger partial charge in [-0.05, 0) is 36.4 Å². The van der Waals surface area contributed by atoms with Gasteiger partial charge in [0.2, 0.25) is 10.0 Å². The topological polar surface area (TPSA) is 90.0 Å². The molecule has 0 bridgehead atoms. The fourth-order valence-corrected chi connectivity index (χ4v) is 2.55. The molecule has 25 heavy (non-hydrogen) atoms. The average molecular weight is 363 g/mol. The molecule has 8 heteroatoms. The number of ether oxygens (including phenoxy) is 2. The Morgan fingerprint density at radius 2 is 1.56 bits per heavy atom. The van der Waals surface area contributed by atoms with E-state index in [4.69, 9.17) is 4.74 Å². The second kappa shape index (κ2) is 7.35. The van der Waals surface area contributed by atoms with E-state index in [2.05, 4.69) is 4.74 Å². The van der Waals surface area contributed by atoms with Gasteiger partial charge in [0.15, 0.2) is 0 Å². The lowest BCUT2D eigenvalue weighted by Gasteiger charge is -2.19. The Labute approximate surface area is 145 Å². The molecule has 0 N–H and O–H groups in total. The van der Waals surface area contributed by atoms with Crippen LogP contribution in [0.25, 0.3) is 0 Å². The van der Waals surface area contributed by atoms with Gasteiger partial charge in [0.25, 0.3) is 0 Å². The number of rotatable bonds is 5. The van der Waals surface area contributed by atoms with Gasteiger partial charge in [-0.2, -0.15) is 0 Å². The van der Waals surface area contributed by atoms with Gasteiger partial charge in [-0.3, -0.25) is 4.31 Å². The number of hydrogen-bond donors (Lipinski definition) is 0. The molecule has 132 valence electrons. The smallest absolute Gasteiger partial charge is 0.345 e. The lowest BCUT2D eigenvalue weighted by molar-refractivity contribution is 0.0600. The van der Waals surface area contributed by atoms with Crippen LogP contribution in [0, 0.1) is 0 Å². The molecule has 2 rings (SSSR count). The number of carbonyl (C=O) groups is 2. The van der Waals surface area contributed by atoms with E-state index in [1.54, 1.807) is 12.1 Å². The minimum atomic E-state index is -3.53. The first-order chi connectivity index (χ1) is 11.7. The fraction of sp³-hybridized carbons (Fsp3) is 0.176. The number of anilines is 1. The van der Waals surface area contributed by atoms with Crippen LogP contribution in [0.5, 0.6) is 5.75 Å². The molecule has 2 aromatic carbocycles. The van der Waals surface area contributed by atoms with E-state index >= 15 is 0 Å². The van der Waals surface area contributed by atoms with Gasteiger partial charge >= 0.3 is 11.9 Å². The highest BCUT2D eigenvalue weighted by Gasteiger charge is 2.20. The maximum absolute atomic E-state index is 12.4. The fourth-order valence-electron chi connectivity index (χ4n) is 2.04. The van der Waals surface area contributed by atoms with E-state index in [0.717, 1.165) is 10.6 Å². The maximum atomic E-state index is 12.4. The van der Waals surface area contributed by atoms with E-state index in [9.17, 15) is 18.0 Å². The molecule has 0 heterocycles. The number of para-hydroxylation sites is 1. The summed E-state index contributed by atoms with van der Waals surface area (Å²) in [6, 6.07) is 12.0. The molecule has 0 radical (unpaired) electrons. The first-order valence-corrected chi connectivity index (χ1v) is 9.02. The molecule has 0 unspecified atom stereocenters. The molecule has 0 aromatic heterocycles. The Kier molecular flexibility index (Phi) is 5.43. The third kappa shape index (κ3) is 4.36. The van der Waals surface area contributed by atoms with Crippen molar-refractivity contribution in [2.24, 2.45) is 0 Å². The maximum Gasteiger partial charge on any atom is 0.345 e. The number of carbonyl (C=O) groups excluding carboxylic acids is 2. The highest BCUT2D eigenvalue weighted by molar-refractivity contribution is 7.92. The quantitative estimate of drug-likeness (QED) is 0.597. The Morgan fingerprint density at radius 1 is 0.960 bits per heavy atom. The van der Waals surface area contributed by atoms with Crippen molar-refractivity contribution in [2.75, 3.05) is 24.7 Å². The first-order valence-electron chi connectivity index (χ1n) is 7.17. The molecule has 0 saturated carbocycles. The molecule has 0 saturated heterocycles. The largest absolute Gasteiger partial charge is 0.465 e. The second-order valence-corrected chi connectivity index (χ2v) is 7.17.